The molecule has 1 fully saturated rings. The number of nitrogens with one attached hydrogen (secondary N) is 1. The number of halogens is 3. The zero-order chi connectivity index (χ0) is 13.9. The van der Waals surface area contributed by atoms with Crippen molar-refractivity contribution in [2.24, 2.45) is 5.92 Å². The van der Waals surface area contributed by atoms with Crippen molar-refractivity contribution in [1.29, 1.82) is 0 Å². The van der Waals surface area contributed by atoms with Gasteiger partial charge in [0.25, 0.3) is 0 Å². The van der Waals surface area contributed by atoms with E-state index in [1.165, 1.54) is 0 Å². The fraction of sp³-hybridized carbons (Fsp3) is 0.818. The highest BCUT2D eigenvalue weighted by atomic mass is 32.1. The van der Waals surface area contributed by atoms with Gasteiger partial charge in [0.15, 0.2) is 0 Å². The molecule has 0 unspecified atom stereocenters. The van der Waals surface area contributed by atoms with Gasteiger partial charge in [0.1, 0.15) is 0 Å². The summed E-state index contributed by atoms with van der Waals surface area (Å²) in [6, 6.07) is 0. The van der Waals surface area contributed by atoms with E-state index in [1.54, 1.807) is 0 Å². The van der Waals surface area contributed by atoms with Crippen molar-refractivity contribution < 1.29 is 13.2 Å². The van der Waals surface area contributed by atoms with E-state index in [0.29, 0.717) is 22.4 Å². The molecule has 1 aromatic rings. The third-order valence-electron chi connectivity index (χ3n) is 3.22. The van der Waals surface area contributed by atoms with Crippen molar-refractivity contribution in [3.05, 3.63) is 5.01 Å². The van der Waals surface area contributed by atoms with Gasteiger partial charge in [0.2, 0.25) is 10.1 Å². The van der Waals surface area contributed by atoms with Gasteiger partial charge in [0, 0.05) is 13.1 Å². The van der Waals surface area contributed by atoms with E-state index < -0.39 is 11.2 Å². The van der Waals surface area contributed by atoms with Crippen molar-refractivity contribution in [2.45, 2.75) is 25.9 Å². The molecule has 0 amide bonds. The van der Waals surface area contributed by atoms with Gasteiger partial charge < -0.3 is 10.2 Å². The maximum absolute atomic E-state index is 12.5. The van der Waals surface area contributed by atoms with Gasteiger partial charge in [-0.2, -0.15) is 13.2 Å². The van der Waals surface area contributed by atoms with Gasteiger partial charge in [0.05, 0.1) is 0 Å². The van der Waals surface area contributed by atoms with Crippen LogP contribution < -0.4 is 10.2 Å². The molecule has 1 saturated heterocycles. The quantitative estimate of drug-likeness (QED) is 0.925. The molecular weight excluding hydrogens is 277 g/mol. The van der Waals surface area contributed by atoms with Gasteiger partial charge in [-0.3, -0.25) is 0 Å². The van der Waals surface area contributed by atoms with Crippen LogP contribution in [-0.4, -0.2) is 36.4 Å². The molecule has 2 rings (SSSR count). The van der Waals surface area contributed by atoms with Crippen LogP contribution in [0.5, 0.6) is 0 Å². The first-order chi connectivity index (χ1) is 9.00. The Morgan fingerprint density at radius 2 is 2.00 bits per heavy atom. The van der Waals surface area contributed by atoms with Crippen molar-refractivity contribution in [3.8, 4) is 0 Å². The summed E-state index contributed by atoms with van der Waals surface area (Å²) in [5, 5.41) is 9.70. The zero-order valence-electron chi connectivity index (χ0n) is 10.7. The number of alkyl halides is 3. The van der Waals surface area contributed by atoms with Crippen LogP contribution in [0.25, 0.3) is 0 Å². The lowest BCUT2D eigenvalue weighted by atomic mass is 9.97. The second-order valence-electron chi connectivity index (χ2n) is 4.63. The first-order valence-electron chi connectivity index (χ1n) is 6.37. The second-order valence-corrected chi connectivity index (χ2v) is 5.58. The van der Waals surface area contributed by atoms with E-state index in [-0.39, 0.29) is 0 Å². The first-order valence-corrected chi connectivity index (χ1v) is 7.18. The average molecular weight is 294 g/mol. The monoisotopic (exact) mass is 294 g/mol. The summed E-state index contributed by atoms with van der Waals surface area (Å²) in [6.45, 7) is 5.50. The number of hydrogen-bond acceptors (Lipinski definition) is 5. The number of hydrogen-bond donors (Lipinski definition) is 1. The van der Waals surface area contributed by atoms with Crippen molar-refractivity contribution in [3.63, 3.8) is 0 Å². The molecule has 1 N–H and O–H groups in total. The van der Waals surface area contributed by atoms with Gasteiger partial charge >= 0.3 is 6.18 Å². The number of piperidine rings is 1. The molecule has 4 nitrogen and oxygen atoms in total. The maximum Gasteiger partial charge on any atom is 0.445 e. The molecular formula is C11H17F3N4S. The zero-order valence-corrected chi connectivity index (χ0v) is 11.5. The standard InChI is InChI=1S/C11H17F3N4S/c1-2-15-7-8-3-5-18(6-4-8)10-17-16-9(19-10)11(12,13)14/h8,15H,2-7H2,1H3. The lowest BCUT2D eigenvalue weighted by Crippen LogP contribution is -2.37. The Kier molecular flexibility index (Phi) is 4.62. The fourth-order valence-corrected chi connectivity index (χ4v) is 2.90. The van der Waals surface area contributed by atoms with E-state index in [0.717, 1.165) is 39.0 Å². The van der Waals surface area contributed by atoms with Crippen LogP contribution in [-0.2, 0) is 6.18 Å². The summed E-state index contributed by atoms with van der Waals surface area (Å²) in [7, 11) is 0. The first kappa shape index (κ1) is 14.5. The minimum Gasteiger partial charge on any atom is -0.347 e. The van der Waals surface area contributed by atoms with E-state index in [4.69, 9.17) is 0 Å². The van der Waals surface area contributed by atoms with E-state index in [9.17, 15) is 13.2 Å². The molecule has 19 heavy (non-hydrogen) atoms. The third kappa shape index (κ3) is 3.79. The topological polar surface area (TPSA) is 41.0 Å². The Hall–Kier alpha value is -0.890. The van der Waals surface area contributed by atoms with Crippen LogP contribution in [0.2, 0.25) is 0 Å². The summed E-state index contributed by atoms with van der Waals surface area (Å²) in [5.41, 5.74) is 0. The van der Waals surface area contributed by atoms with Gasteiger partial charge in [-0.25, -0.2) is 0 Å². The van der Waals surface area contributed by atoms with E-state index in [1.807, 2.05) is 4.90 Å². The third-order valence-corrected chi connectivity index (χ3v) is 4.25. The summed E-state index contributed by atoms with van der Waals surface area (Å²) in [5.74, 6) is 0.603. The van der Waals surface area contributed by atoms with Crippen LogP contribution in [0.4, 0.5) is 18.3 Å². The highest BCUT2D eigenvalue weighted by Crippen LogP contribution is 2.35. The molecule has 108 valence electrons. The molecule has 0 radical (unpaired) electrons. The van der Waals surface area contributed by atoms with Crippen LogP contribution in [0.15, 0.2) is 0 Å². The van der Waals surface area contributed by atoms with E-state index >= 15 is 0 Å². The highest BCUT2D eigenvalue weighted by Gasteiger charge is 2.36. The molecule has 0 atom stereocenters. The van der Waals surface area contributed by atoms with Crippen molar-refractivity contribution in [1.82, 2.24) is 15.5 Å². The van der Waals surface area contributed by atoms with Crippen molar-refractivity contribution in [2.75, 3.05) is 31.1 Å². The van der Waals surface area contributed by atoms with Crippen LogP contribution in [0.3, 0.4) is 0 Å². The molecule has 1 aliphatic rings. The Morgan fingerprint density at radius 1 is 1.32 bits per heavy atom. The minimum absolute atomic E-state index is 0.384. The minimum atomic E-state index is -4.39. The predicted octanol–water partition coefficient (Wildman–Crippen LogP) is 2.38. The number of aromatic nitrogens is 2. The number of rotatable bonds is 4. The molecule has 0 saturated carbocycles. The van der Waals surface area contributed by atoms with Crippen LogP contribution in [0.1, 0.15) is 24.8 Å². The summed E-state index contributed by atoms with van der Waals surface area (Å²) in [6.07, 6.45) is -2.43. The molecule has 0 aromatic carbocycles. The second kappa shape index (κ2) is 6.04. The molecule has 0 spiro atoms. The lowest BCUT2D eigenvalue weighted by molar-refractivity contribution is -0.138. The lowest BCUT2D eigenvalue weighted by Gasteiger charge is -2.31. The molecule has 0 aliphatic carbocycles. The Balaban J connectivity index is 1.89. The Morgan fingerprint density at radius 3 is 2.53 bits per heavy atom. The summed E-state index contributed by atoms with van der Waals surface area (Å²) >= 11 is 0.629. The van der Waals surface area contributed by atoms with E-state index in [2.05, 4.69) is 22.4 Å². The molecule has 1 aliphatic heterocycles. The summed E-state index contributed by atoms with van der Waals surface area (Å²) < 4.78 is 37.4. The van der Waals surface area contributed by atoms with Crippen LogP contribution >= 0.6 is 11.3 Å². The Labute approximate surface area is 114 Å². The molecule has 1 aromatic heterocycles. The number of nitrogens with zero attached hydrogens (tertiary/aromatic N) is 3. The number of anilines is 1. The highest BCUT2D eigenvalue weighted by molar-refractivity contribution is 7.15. The van der Waals surface area contributed by atoms with Crippen molar-refractivity contribution >= 4 is 16.5 Å². The fourth-order valence-electron chi connectivity index (χ4n) is 2.13. The summed E-state index contributed by atoms with van der Waals surface area (Å²) in [4.78, 5) is 1.90. The predicted molar refractivity (Wildman–Crippen MR) is 68.4 cm³/mol. The largest absolute Gasteiger partial charge is 0.445 e. The average Bonchev–Trinajstić information content (AvgIpc) is 2.86. The normalized spacial score (nSPS) is 18.0. The molecule has 8 heteroatoms. The smallest absolute Gasteiger partial charge is 0.347 e. The van der Waals surface area contributed by atoms with Gasteiger partial charge in [-0.1, -0.05) is 18.3 Å². The van der Waals surface area contributed by atoms with Crippen LogP contribution in [0, 0.1) is 5.92 Å². The maximum atomic E-state index is 12.5. The Bertz CT molecular complexity index is 399. The SMILES string of the molecule is CCNCC1CCN(c2nnc(C(F)(F)F)s2)CC1. The molecule has 2 heterocycles. The molecule has 0 bridgehead atoms. The van der Waals surface area contributed by atoms with Gasteiger partial charge in [-0.15, -0.1) is 10.2 Å². The van der Waals surface area contributed by atoms with Gasteiger partial charge in [-0.05, 0) is 31.8 Å².